The summed E-state index contributed by atoms with van der Waals surface area (Å²) < 4.78 is 0. The lowest BCUT2D eigenvalue weighted by Crippen LogP contribution is -2.24. The van der Waals surface area contributed by atoms with E-state index in [9.17, 15) is 4.79 Å². The van der Waals surface area contributed by atoms with Crippen molar-refractivity contribution >= 4 is 23.2 Å². The number of hydrogen-bond acceptors (Lipinski definition) is 3. The Morgan fingerprint density at radius 3 is 3.00 bits per heavy atom. The summed E-state index contributed by atoms with van der Waals surface area (Å²) in [6, 6.07) is 5.25. The van der Waals surface area contributed by atoms with Gasteiger partial charge in [-0.15, -0.1) is 0 Å². The highest BCUT2D eigenvalue weighted by Crippen LogP contribution is 2.20. The number of carbonyl (C=O) groups excluding carboxylic acids is 1. The average molecular weight is 293 g/mol. The Morgan fingerprint density at radius 1 is 1.45 bits per heavy atom. The van der Waals surface area contributed by atoms with Gasteiger partial charge >= 0.3 is 0 Å². The van der Waals surface area contributed by atoms with Crippen LogP contribution in [0.25, 0.3) is 0 Å². The predicted molar refractivity (Wildman–Crippen MR) is 80.0 cm³/mol. The van der Waals surface area contributed by atoms with Gasteiger partial charge in [-0.05, 0) is 24.6 Å². The third kappa shape index (κ3) is 3.74. The van der Waals surface area contributed by atoms with Crippen LogP contribution in [0.15, 0.2) is 30.6 Å². The van der Waals surface area contributed by atoms with Crippen LogP contribution in [0.2, 0.25) is 5.02 Å². The topological polar surface area (TPSA) is 69.8 Å². The summed E-state index contributed by atoms with van der Waals surface area (Å²) in [4.78, 5) is 19.2. The minimum Gasteiger partial charge on any atom is -0.384 e. The van der Waals surface area contributed by atoms with E-state index in [-0.39, 0.29) is 5.91 Å². The van der Waals surface area contributed by atoms with Crippen LogP contribution in [0.1, 0.15) is 29.5 Å². The molecule has 3 N–H and O–H groups in total. The number of aromatic amines is 1. The highest BCUT2D eigenvalue weighted by molar-refractivity contribution is 6.31. The van der Waals surface area contributed by atoms with Crippen molar-refractivity contribution in [1.82, 2.24) is 15.3 Å². The molecular formula is C14H17ClN4O. The van der Waals surface area contributed by atoms with E-state index in [0.717, 1.165) is 18.7 Å². The second kappa shape index (κ2) is 6.96. The summed E-state index contributed by atoms with van der Waals surface area (Å²) in [5.74, 6) is 0.533. The maximum absolute atomic E-state index is 12.2. The van der Waals surface area contributed by atoms with E-state index in [1.54, 1.807) is 24.5 Å². The molecule has 20 heavy (non-hydrogen) atoms. The first-order valence-electron chi connectivity index (χ1n) is 6.50. The number of hydrogen-bond donors (Lipinski definition) is 3. The van der Waals surface area contributed by atoms with Gasteiger partial charge < -0.3 is 15.6 Å². The van der Waals surface area contributed by atoms with Gasteiger partial charge in [0.2, 0.25) is 0 Å². The lowest BCUT2D eigenvalue weighted by Gasteiger charge is -2.11. The molecule has 1 heterocycles. The van der Waals surface area contributed by atoms with Crippen LogP contribution in [-0.2, 0) is 6.54 Å². The van der Waals surface area contributed by atoms with Gasteiger partial charge in [-0.25, -0.2) is 4.98 Å². The molecule has 0 spiro atoms. The van der Waals surface area contributed by atoms with Crippen LogP contribution in [0.5, 0.6) is 0 Å². The largest absolute Gasteiger partial charge is 0.384 e. The van der Waals surface area contributed by atoms with E-state index in [0.29, 0.717) is 23.0 Å². The van der Waals surface area contributed by atoms with E-state index in [4.69, 9.17) is 11.6 Å². The lowest BCUT2D eigenvalue weighted by molar-refractivity contribution is 0.0950. The molecule has 0 saturated carbocycles. The van der Waals surface area contributed by atoms with Gasteiger partial charge in [0.1, 0.15) is 5.82 Å². The van der Waals surface area contributed by atoms with E-state index < -0.39 is 0 Å². The third-order valence-corrected chi connectivity index (χ3v) is 3.00. The monoisotopic (exact) mass is 292 g/mol. The quantitative estimate of drug-likeness (QED) is 0.767. The number of benzene rings is 1. The Balaban J connectivity index is 2.08. The molecule has 2 rings (SSSR count). The summed E-state index contributed by atoms with van der Waals surface area (Å²) in [6.07, 6.45) is 4.35. The Bertz CT molecular complexity index is 569. The zero-order chi connectivity index (χ0) is 14.4. The molecule has 0 aliphatic carbocycles. The molecule has 6 heteroatoms. The molecule has 2 aromatic rings. The van der Waals surface area contributed by atoms with Gasteiger partial charge in [-0.2, -0.15) is 0 Å². The number of nitrogens with one attached hydrogen (secondary N) is 3. The normalized spacial score (nSPS) is 10.3. The molecule has 0 unspecified atom stereocenters. The molecule has 0 aliphatic rings. The van der Waals surface area contributed by atoms with Crippen molar-refractivity contribution in [3.8, 4) is 0 Å². The molecule has 0 aliphatic heterocycles. The Kier molecular flexibility index (Phi) is 5.01. The molecule has 1 aromatic heterocycles. The smallest absolute Gasteiger partial charge is 0.253 e. The molecule has 0 bridgehead atoms. The summed E-state index contributed by atoms with van der Waals surface area (Å²) in [5.41, 5.74) is 1.32. The maximum Gasteiger partial charge on any atom is 0.253 e. The number of anilines is 1. The fourth-order valence-corrected chi connectivity index (χ4v) is 1.94. The SMILES string of the molecule is CCCNc1ccc(Cl)cc1C(=O)NCc1ncc[nH]1. The van der Waals surface area contributed by atoms with Crippen molar-refractivity contribution in [3.05, 3.63) is 47.0 Å². The van der Waals surface area contributed by atoms with Gasteiger partial charge in [0.15, 0.2) is 0 Å². The third-order valence-electron chi connectivity index (χ3n) is 2.76. The highest BCUT2D eigenvalue weighted by atomic mass is 35.5. The summed E-state index contributed by atoms with van der Waals surface area (Å²) in [7, 11) is 0. The van der Waals surface area contributed by atoms with E-state index >= 15 is 0 Å². The Hall–Kier alpha value is -2.01. The van der Waals surface area contributed by atoms with Gasteiger partial charge in [0.25, 0.3) is 5.91 Å². The fraction of sp³-hybridized carbons (Fsp3) is 0.286. The van der Waals surface area contributed by atoms with Crippen LogP contribution < -0.4 is 10.6 Å². The first-order chi connectivity index (χ1) is 9.70. The number of rotatable bonds is 6. The standard InChI is InChI=1S/C14H17ClN4O/c1-2-5-16-12-4-3-10(15)8-11(12)14(20)19-9-13-17-6-7-18-13/h3-4,6-8,16H,2,5,9H2,1H3,(H,17,18)(H,19,20). The van der Waals surface area contributed by atoms with Crippen LogP contribution in [-0.4, -0.2) is 22.4 Å². The molecule has 0 radical (unpaired) electrons. The van der Waals surface area contributed by atoms with E-state index in [2.05, 4.69) is 27.5 Å². The van der Waals surface area contributed by atoms with Crippen molar-refractivity contribution in [2.45, 2.75) is 19.9 Å². The molecule has 1 aromatic carbocycles. The average Bonchev–Trinajstić information content (AvgIpc) is 2.96. The molecule has 1 amide bonds. The summed E-state index contributed by atoms with van der Waals surface area (Å²) in [5, 5.41) is 6.57. The zero-order valence-electron chi connectivity index (χ0n) is 11.2. The minimum atomic E-state index is -0.178. The molecule has 5 nitrogen and oxygen atoms in total. The number of nitrogens with zero attached hydrogens (tertiary/aromatic N) is 1. The van der Waals surface area contributed by atoms with Crippen molar-refractivity contribution < 1.29 is 4.79 Å². The molecular weight excluding hydrogens is 276 g/mol. The molecule has 106 valence electrons. The lowest BCUT2D eigenvalue weighted by atomic mass is 10.1. The maximum atomic E-state index is 12.2. The first kappa shape index (κ1) is 14.4. The summed E-state index contributed by atoms with van der Waals surface area (Å²) >= 11 is 5.97. The number of halogens is 1. The first-order valence-corrected chi connectivity index (χ1v) is 6.88. The zero-order valence-corrected chi connectivity index (χ0v) is 12.0. The van der Waals surface area contributed by atoms with Crippen molar-refractivity contribution in [2.75, 3.05) is 11.9 Å². The van der Waals surface area contributed by atoms with Gasteiger partial charge in [0.05, 0.1) is 12.1 Å². The number of amides is 1. The van der Waals surface area contributed by atoms with Crippen molar-refractivity contribution in [1.29, 1.82) is 0 Å². The van der Waals surface area contributed by atoms with Gasteiger partial charge in [-0.1, -0.05) is 18.5 Å². The van der Waals surface area contributed by atoms with E-state index in [1.165, 1.54) is 0 Å². The predicted octanol–water partition coefficient (Wildman–Crippen LogP) is 2.82. The number of aromatic nitrogens is 2. The number of carbonyl (C=O) groups is 1. The molecule has 0 atom stereocenters. The van der Waals surface area contributed by atoms with Crippen LogP contribution in [0, 0.1) is 0 Å². The van der Waals surface area contributed by atoms with Gasteiger partial charge in [0, 0.05) is 29.6 Å². The fourth-order valence-electron chi connectivity index (χ4n) is 1.77. The Morgan fingerprint density at radius 2 is 2.30 bits per heavy atom. The van der Waals surface area contributed by atoms with Crippen LogP contribution in [0.4, 0.5) is 5.69 Å². The summed E-state index contributed by atoms with van der Waals surface area (Å²) in [6.45, 7) is 3.23. The second-order valence-corrected chi connectivity index (χ2v) is 4.77. The van der Waals surface area contributed by atoms with Crippen LogP contribution in [0.3, 0.4) is 0 Å². The molecule has 0 fully saturated rings. The van der Waals surface area contributed by atoms with Crippen molar-refractivity contribution in [2.24, 2.45) is 0 Å². The van der Waals surface area contributed by atoms with Crippen molar-refractivity contribution in [3.63, 3.8) is 0 Å². The molecule has 0 saturated heterocycles. The Labute approximate surface area is 122 Å². The number of imidazole rings is 1. The van der Waals surface area contributed by atoms with E-state index in [1.807, 2.05) is 6.07 Å². The van der Waals surface area contributed by atoms with Crippen LogP contribution >= 0.6 is 11.6 Å². The second-order valence-electron chi connectivity index (χ2n) is 4.34. The number of H-pyrrole nitrogens is 1. The van der Waals surface area contributed by atoms with Gasteiger partial charge in [-0.3, -0.25) is 4.79 Å². The highest BCUT2D eigenvalue weighted by Gasteiger charge is 2.12. The minimum absolute atomic E-state index is 0.178.